The summed E-state index contributed by atoms with van der Waals surface area (Å²) in [5.41, 5.74) is 5.07. The van der Waals surface area contributed by atoms with Crippen LogP contribution in [0.1, 0.15) is 6.92 Å². The molecule has 0 aromatic heterocycles. The average molecular weight is 295 g/mol. The van der Waals surface area contributed by atoms with Crippen LogP contribution < -0.4 is 5.73 Å². The van der Waals surface area contributed by atoms with Gasteiger partial charge in [-0.3, -0.25) is 5.41 Å². The van der Waals surface area contributed by atoms with E-state index in [4.69, 9.17) is 11.1 Å². The molecule has 0 spiro atoms. The Balaban J connectivity index is 3.38. The summed E-state index contributed by atoms with van der Waals surface area (Å²) >= 11 is 0. The maximum absolute atomic E-state index is 13.5. The smallest absolute Gasteiger partial charge is 0.249 e. The van der Waals surface area contributed by atoms with Gasteiger partial charge in [0.1, 0.15) is 23.3 Å². The lowest BCUT2D eigenvalue weighted by atomic mass is 10.3. The number of halogens is 3. The second-order valence-electron chi connectivity index (χ2n) is 3.66. The molecule has 0 amide bonds. The van der Waals surface area contributed by atoms with Gasteiger partial charge in [-0.1, -0.05) is 6.92 Å². The zero-order chi connectivity index (χ0) is 14.8. The average Bonchev–Trinajstić information content (AvgIpc) is 2.23. The first-order valence-electron chi connectivity index (χ1n) is 5.17. The van der Waals surface area contributed by atoms with Crippen molar-refractivity contribution in [2.45, 2.75) is 11.8 Å². The van der Waals surface area contributed by atoms with E-state index in [1.807, 2.05) is 0 Å². The van der Waals surface area contributed by atoms with E-state index in [1.165, 1.54) is 6.92 Å². The van der Waals surface area contributed by atoms with E-state index in [2.05, 4.69) is 0 Å². The summed E-state index contributed by atoms with van der Waals surface area (Å²) in [5.74, 6) is -4.75. The standard InChI is InChI=1S/C10H12F3N3O2S/c1-2-16(5-9(14)15)19(17,18)10-7(12)3-6(11)4-8(10)13/h3-4H,2,5H2,1H3,(H3,14,15). The third kappa shape index (κ3) is 3.24. The van der Waals surface area contributed by atoms with Crippen LogP contribution in [0.5, 0.6) is 0 Å². The molecule has 0 saturated carbocycles. The molecule has 0 aliphatic heterocycles. The molecule has 0 aliphatic rings. The second-order valence-corrected chi connectivity index (χ2v) is 5.53. The van der Waals surface area contributed by atoms with Crippen LogP contribution in [-0.2, 0) is 10.0 Å². The molecular weight excluding hydrogens is 283 g/mol. The van der Waals surface area contributed by atoms with Crippen molar-refractivity contribution in [1.82, 2.24) is 4.31 Å². The summed E-state index contributed by atoms with van der Waals surface area (Å²) in [5, 5.41) is 7.04. The van der Waals surface area contributed by atoms with Gasteiger partial charge < -0.3 is 5.73 Å². The molecule has 0 fully saturated rings. The number of amidine groups is 1. The molecule has 0 heterocycles. The van der Waals surface area contributed by atoms with E-state index in [1.54, 1.807) is 0 Å². The van der Waals surface area contributed by atoms with E-state index in [0.717, 1.165) is 0 Å². The summed E-state index contributed by atoms with van der Waals surface area (Å²) < 4.78 is 64.4. The number of benzene rings is 1. The summed E-state index contributed by atoms with van der Waals surface area (Å²) in [6, 6.07) is 0.551. The van der Waals surface area contributed by atoms with E-state index in [9.17, 15) is 21.6 Å². The maximum atomic E-state index is 13.5. The lowest BCUT2D eigenvalue weighted by molar-refractivity contribution is 0.443. The van der Waals surface area contributed by atoms with Crippen molar-refractivity contribution in [3.8, 4) is 0 Å². The highest BCUT2D eigenvalue weighted by Crippen LogP contribution is 2.23. The fraction of sp³-hybridized carbons (Fsp3) is 0.300. The first kappa shape index (κ1) is 15.4. The second kappa shape index (κ2) is 5.57. The van der Waals surface area contributed by atoms with E-state index < -0.39 is 44.8 Å². The van der Waals surface area contributed by atoms with Crippen molar-refractivity contribution in [3.05, 3.63) is 29.6 Å². The quantitative estimate of drug-likeness (QED) is 0.628. The molecule has 1 aromatic carbocycles. The zero-order valence-corrected chi connectivity index (χ0v) is 10.8. The van der Waals surface area contributed by atoms with Gasteiger partial charge in [-0.25, -0.2) is 21.6 Å². The summed E-state index contributed by atoms with van der Waals surface area (Å²) in [6.45, 7) is 0.771. The highest BCUT2D eigenvalue weighted by atomic mass is 32.2. The molecule has 3 N–H and O–H groups in total. The predicted octanol–water partition coefficient (Wildman–Crippen LogP) is 1.05. The van der Waals surface area contributed by atoms with E-state index >= 15 is 0 Å². The predicted molar refractivity (Wildman–Crippen MR) is 62.7 cm³/mol. The Morgan fingerprint density at radius 3 is 2.16 bits per heavy atom. The molecule has 0 aliphatic carbocycles. The Morgan fingerprint density at radius 2 is 1.79 bits per heavy atom. The van der Waals surface area contributed by atoms with Gasteiger partial charge >= 0.3 is 0 Å². The van der Waals surface area contributed by atoms with Gasteiger partial charge in [0.15, 0.2) is 4.90 Å². The van der Waals surface area contributed by atoms with Gasteiger partial charge in [-0.15, -0.1) is 0 Å². The third-order valence-electron chi connectivity index (χ3n) is 2.26. The Kier molecular flexibility index (Phi) is 4.53. The monoisotopic (exact) mass is 295 g/mol. The Hall–Kier alpha value is -1.61. The van der Waals surface area contributed by atoms with Gasteiger partial charge in [-0.2, -0.15) is 4.31 Å². The topological polar surface area (TPSA) is 87.2 Å². The molecule has 0 radical (unpaired) electrons. The number of nitrogens with zero attached hydrogens (tertiary/aromatic N) is 1. The van der Waals surface area contributed by atoms with Crippen LogP contribution in [0.15, 0.2) is 17.0 Å². The fourth-order valence-corrected chi connectivity index (χ4v) is 2.98. The summed E-state index contributed by atoms with van der Waals surface area (Å²) in [6.07, 6.45) is 0. The van der Waals surface area contributed by atoms with E-state index in [0.29, 0.717) is 4.31 Å². The summed E-state index contributed by atoms with van der Waals surface area (Å²) in [7, 11) is -4.53. The van der Waals surface area contributed by atoms with Gasteiger partial charge in [0.25, 0.3) is 0 Å². The highest BCUT2D eigenvalue weighted by molar-refractivity contribution is 7.89. The number of hydrogen-bond donors (Lipinski definition) is 2. The van der Waals surface area contributed by atoms with Crippen molar-refractivity contribution >= 4 is 15.9 Å². The SMILES string of the molecule is CCN(CC(=N)N)S(=O)(=O)c1c(F)cc(F)cc1F. The normalized spacial score (nSPS) is 11.8. The minimum atomic E-state index is -4.53. The molecule has 19 heavy (non-hydrogen) atoms. The van der Waals surface area contributed by atoms with Crippen molar-refractivity contribution in [1.29, 1.82) is 5.41 Å². The van der Waals surface area contributed by atoms with Crippen molar-refractivity contribution in [2.24, 2.45) is 5.73 Å². The molecule has 9 heteroatoms. The van der Waals surface area contributed by atoms with Gasteiger partial charge in [0.2, 0.25) is 10.0 Å². The van der Waals surface area contributed by atoms with Crippen molar-refractivity contribution in [3.63, 3.8) is 0 Å². The first-order chi connectivity index (χ1) is 8.70. The molecule has 0 saturated heterocycles. The minimum Gasteiger partial charge on any atom is -0.387 e. The molecule has 0 unspecified atom stereocenters. The molecule has 5 nitrogen and oxygen atoms in total. The van der Waals surface area contributed by atoms with Crippen LogP contribution in [-0.4, -0.2) is 31.6 Å². The largest absolute Gasteiger partial charge is 0.387 e. The van der Waals surface area contributed by atoms with Gasteiger partial charge in [0.05, 0.1) is 6.54 Å². The first-order valence-corrected chi connectivity index (χ1v) is 6.61. The van der Waals surface area contributed by atoms with Crippen LogP contribution in [0.2, 0.25) is 0 Å². The van der Waals surface area contributed by atoms with Crippen molar-refractivity contribution < 1.29 is 21.6 Å². The highest BCUT2D eigenvalue weighted by Gasteiger charge is 2.30. The zero-order valence-electron chi connectivity index (χ0n) is 9.95. The Labute approximate surface area is 108 Å². The Bertz CT molecular complexity index is 581. The maximum Gasteiger partial charge on any atom is 0.249 e. The number of hydrogen-bond acceptors (Lipinski definition) is 3. The lowest BCUT2D eigenvalue weighted by Gasteiger charge is -2.20. The number of sulfonamides is 1. The minimum absolute atomic E-state index is 0.141. The lowest BCUT2D eigenvalue weighted by Crippen LogP contribution is -2.38. The van der Waals surface area contributed by atoms with Crippen LogP contribution in [0.25, 0.3) is 0 Å². The number of nitrogens with two attached hydrogens (primary N) is 1. The van der Waals surface area contributed by atoms with Crippen molar-refractivity contribution in [2.75, 3.05) is 13.1 Å². The molecule has 106 valence electrons. The van der Waals surface area contributed by atoms with Crippen LogP contribution in [0.3, 0.4) is 0 Å². The molecule has 1 aromatic rings. The fourth-order valence-electron chi connectivity index (χ4n) is 1.46. The number of likely N-dealkylation sites (N-methyl/N-ethyl adjacent to an activating group) is 1. The van der Waals surface area contributed by atoms with Gasteiger partial charge in [-0.05, 0) is 0 Å². The van der Waals surface area contributed by atoms with Crippen LogP contribution in [0.4, 0.5) is 13.2 Å². The number of nitrogens with one attached hydrogen (secondary N) is 1. The molecule has 1 rings (SSSR count). The van der Waals surface area contributed by atoms with Gasteiger partial charge in [0, 0.05) is 18.7 Å². The molecule has 0 bridgehead atoms. The molecule has 0 atom stereocenters. The van der Waals surface area contributed by atoms with Crippen LogP contribution >= 0.6 is 0 Å². The van der Waals surface area contributed by atoms with E-state index in [-0.39, 0.29) is 18.7 Å². The van der Waals surface area contributed by atoms with Crippen LogP contribution in [0, 0.1) is 22.9 Å². The third-order valence-corrected chi connectivity index (χ3v) is 4.23. The Morgan fingerprint density at radius 1 is 1.32 bits per heavy atom. The molecular formula is C10H12F3N3O2S. The summed E-state index contributed by atoms with van der Waals surface area (Å²) in [4.78, 5) is -1.25. The number of rotatable bonds is 5.